The van der Waals surface area contributed by atoms with E-state index in [4.69, 9.17) is 0 Å². The van der Waals surface area contributed by atoms with E-state index in [9.17, 15) is 14.4 Å². The van der Waals surface area contributed by atoms with Gasteiger partial charge in [0.05, 0.1) is 6.42 Å². The Morgan fingerprint density at radius 2 is 2.08 bits per heavy atom. The molecule has 1 aromatic rings. The first-order valence-electron chi connectivity index (χ1n) is 8.88. The average Bonchev–Trinajstić information content (AvgIpc) is 3.07. The monoisotopic (exact) mass is 343 g/mol. The van der Waals surface area contributed by atoms with Crippen LogP contribution in [0.5, 0.6) is 0 Å². The van der Waals surface area contributed by atoms with Crippen molar-refractivity contribution in [3.63, 3.8) is 0 Å². The number of rotatable bonds is 5. The lowest BCUT2D eigenvalue weighted by Crippen LogP contribution is -2.35. The van der Waals surface area contributed by atoms with E-state index in [0.717, 1.165) is 29.8 Å². The van der Waals surface area contributed by atoms with Crippen LogP contribution < -0.4 is 10.2 Å². The van der Waals surface area contributed by atoms with Crippen LogP contribution in [0, 0.1) is 5.92 Å². The lowest BCUT2D eigenvalue weighted by Gasteiger charge is -2.18. The van der Waals surface area contributed by atoms with Crippen molar-refractivity contribution in [2.45, 2.75) is 46.1 Å². The minimum absolute atomic E-state index is 0.0387. The zero-order valence-corrected chi connectivity index (χ0v) is 15.0. The molecule has 2 aliphatic heterocycles. The van der Waals surface area contributed by atoms with E-state index in [0.29, 0.717) is 19.0 Å². The Morgan fingerprint density at radius 3 is 2.76 bits per heavy atom. The number of benzene rings is 1. The van der Waals surface area contributed by atoms with Gasteiger partial charge in [0.25, 0.3) is 5.91 Å². The molecule has 25 heavy (non-hydrogen) atoms. The molecule has 3 amide bonds. The van der Waals surface area contributed by atoms with Gasteiger partial charge in [0.15, 0.2) is 0 Å². The highest BCUT2D eigenvalue weighted by Gasteiger charge is 2.38. The molecule has 2 aliphatic rings. The van der Waals surface area contributed by atoms with Gasteiger partial charge in [-0.05, 0) is 42.5 Å². The molecule has 0 saturated carbocycles. The molecule has 1 N–H and O–H groups in total. The van der Waals surface area contributed by atoms with Crippen molar-refractivity contribution in [1.29, 1.82) is 0 Å². The summed E-state index contributed by atoms with van der Waals surface area (Å²) in [6.07, 6.45) is 1.83. The molecule has 6 nitrogen and oxygen atoms in total. The van der Waals surface area contributed by atoms with Gasteiger partial charge in [-0.15, -0.1) is 0 Å². The quantitative estimate of drug-likeness (QED) is 0.832. The molecule has 1 aromatic carbocycles. The highest BCUT2D eigenvalue weighted by molar-refractivity contribution is 6.06. The second-order valence-electron chi connectivity index (χ2n) is 7.23. The molecule has 134 valence electrons. The fourth-order valence-electron chi connectivity index (χ4n) is 3.44. The number of anilines is 2. The Bertz CT molecular complexity index is 714. The van der Waals surface area contributed by atoms with E-state index in [1.165, 1.54) is 4.90 Å². The predicted octanol–water partition coefficient (Wildman–Crippen LogP) is 2.18. The third-order valence-electron chi connectivity index (χ3n) is 4.87. The molecule has 2 heterocycles. The number of nitrogens with zero attached hydrogens (tertiary/aromatic N) is 2. The van der Waals surface area contributed by atoms with Crippen LogP contribution in [0.2, 0.25) is 0 Å². The Morgan fingerprint density at radius 1 is 1.32 bits per heavy atom. The highest BCUT2D eigenvalue weighted by Crippen LogP contribution is 2.31. The number of carbonyl (C=O) groups is 3. The highest BCUT2D eigenvalue weighted by atomic mass is 16.2. The first kappa shape index (κ1) is 17.5. The first-order valence-corrected chi connectivity index (χ1v) is 8.88. The lowest BCUT2D eigenvalue weighted by atomic mass is 10.1. The van der Waals surface area contributed by atoms with Crippen molar-refractivity contribution in [1.82, 2.24) is 4.90 Å². The summed E-state index contributed by atoms with van der Waals surface area (Å²) in [6, 6.07) is 5.26. The second-order valence-corrected chi connectivity index (χ2v) is 7.23. The van der Waals surface area contributed by atoms with Crippen LogP contribution in [0.1, 0.15) is 39.2 Å². The third kappa shape index (κ3) is 3.52. The van der Waals surface area contributed by atoms with Crippen LogP contribution in [0.25, 0.3) is 0 Å². The minimum Gasteiger partial charge on any atom is -0.373 e. The van der Waals surface area contributed by atoms with Crippen LogP contribution in [-0.2, 0) is 20.8 Å². The van der Waals surface area contributed by atoms with Crippen molar-refractivity contribution in [3.8, 4) is 0 Å². The number of amides is 3. The molecular formula is C19H25N3O3. The van der Waals surface area contributed by atoms with E-state index in [1.807, 2.05) is 18.2 Å². The fraction of sp³-hybridized carbons (Fsp3) is 0.526. The molecule has 6 heteroatoms. The van der Waals surface area contributed by atoms with Crippen LogP contribution in [0.4, 0.5) is 11.4 Å². The van der Waals surface area contributed by atoms with Gasteiger partial charge in [-0.3, -0.25) is 19.3 Å². The summed E-state index contributed by atoms with van der Waals surface area (Å²) in [5.74, 6) is 0.244. The number of imide groups is 1. The van der Waals surface area contributed by atoms with Crippen LogP contribution in [-0.4, -0.2) is 41.8 Å². The number of likely N-dealkylation sites (tertiary alicyclic amines) is 1. The van der Waals surface area contributed by atoms with E-state index in [-0.39, 0.29) is 24.1 Å². The molecule has 1 fully saturated rings. The zero-order chi connectivity index (χ0) is 18.1. The molecule has 1 unspecified atom stereocenters. The maximum Gasteiger partial charge on any atom is 0.252 e. The van der Waals surface area contributed by atoms with Crippen LogP contribution >= 0.6 is 0 Å². The van der Waals surface area contributed by atoms with Gasteiger partial charge in [0.2, 0.25) is 11.8 Å². The average molecular weight is 343 g/mol. The van der Waals surface area contributed by atoms with Crippen molar-refractivity contribution in [2.24, 2.45) is 5.92 Å². The topological polar surface area (TPSA) is 69.7 Å². The minimum atomic E-state index is -0.497. The molecule has 0 radical (unpaired) electrons. The van der Waals surface area contributed by atoms with Gasteiger partial charge in [-0.25, -0.2) is 0 Å². The Kier molecular flexibility index (Phi) is 4.79. The summed E-state index contributed by atoms with van der Waals surface area (Å²) >= 11 is 0. The van der Waals surface area contributed by atoms with Gasteiger partial charge in [0, 0.05) is 31.4 Å². The number of hydrogen-bond acceptors (Lipinski definition) is 4. The Balaban J connectivity index is 1.68. The maximum atomic E-state index is 12.5. The van der Waals surface area contributed by atoms with E-state index < -0.39 is 6.04 Å². The number of nitrogens with one attached hydrogen (secondary N) is 1. The van der Waals surface area contributed by atoms with Gasteiger partial charge < -0.3 is 10.2 Å². The number of hydrogen-bond donors (Lipinski definition) is 1. The molecule has 0 aliphatic carbocycles. The lowest BCUT2D eigenvalue weighted by molar-refractivity contribution is -0.138. The summed E-state index contributed by atoms with van der Waals surface area (Å²) in [4.78, 5) is 39.4. The third-order valence-corrected chi connectivity index (χ3v) is 4.87. The molecule has 3 rings (SSSR count). The van der Waals surface area contributed by atoms with Crippen LogP contribution in [0.15, 0.2) is 18.2 Å². The van der Waals surface area contributed by atoms with Crippen molar-refractivity contribution < 1.29 is 14.4 Å². The second kappa shape index (κ2) is 6.86. The summed E-state index contributed by atoms with van der Waals surface area (Å²) < 4.78 is 0. The maximum absolute atomic E-state index is 12.5. The van der Waals surface area contributed by atoms with Crippen molar-refractivity contribution >= 4 is 29.1 Å². The normalized spacial score (nSPS) is 19.8. The summed E-state index contributed by atoms with van der Waals surface area (Å²) in [6.45, 7) is 6.91. The molecule has 1 atom stereocenters. The predicted molar refractivity (Wildman–Crippen MR) is 96.4 cm³/mol. The zero-order valence-electron chi connectivity index (χ0n) is 15.0. The van der Waals surface area contributed by atoms with Gasteiger partial charge >= 0.3 is 0 Å². The number of fused-ring (bicyclic) bond motifs is 1. The van der Waals surface area contributed by atoms with Gasteiger partial charge in [0.1, 0.15) is 6.04 Å². The van der Waals surface area contributed by atoms with Gasteiger partial charge in [-0.2, -0.15) is 0 Å². The van der Waals surface area contributed by atoms with Crippen molar-refractivity contribution in [3.05, 3.63) is 23.8 Å². The molecule has 1 saturated heterocycles. The van der Waals surface area contributed by atoms with E-state index in [2.05, 4.69) is 19.2 Å². The standard InChI is InChI=1S/C19H25N3O3/c1-12(2)6-8-22-18(24)11-16(19(22)25)20-15-4-5-17-14(10-15)7-9-21(17)13(3)23/h4-5,10,12,16,20H,6-9,11H2,1-3H3. The van der Waals surface area contributed by atoms with Crippen molar-refractivity contribution in [2.75, 3.05) is 23.3 Å². The summed E-state index contributed by atoms with van der Waals surface area (Å²) in [7, 11) is 0. The Labute approximate surface area is 148 Å². The summed E-state index contributed by atoms with van der Waals surface area (Å²) in [5, 5.41) is 3.20. The first-order chi connectivity index (χ1) is 11.9. The smallest absolute Gasteiger partial charge is 0.252 e. The Hall–Kier alpha value is -2.37. The van der Waals surface area contributed by atoms with Gasteiger partial charge in [-0.1, -0.05) is 13.8 Å². The summed E-state index contributed by atoms with van der Waals surface area (Å²) in [5.41, 5.74) is 2.85. The molecule has 0 bridgehead atoms. The molecule has 0 aromatic heterocycles. The van der Waals surface area contributed by atoms with E-state index >= 15 is 0 Å². The molecular weight excluding hydrogens is 318 g/mol. The van der Waals surface area contributed by atoms with Crippen LogP contribution in [0.3, 0.4) is 0 Å². The fourth-order valence-corrected chi connectivity index (χ4v) is 3.44. The molecule has 0 spiro atoms. The SMILES string of the molecule is CC(=O)N1CCc2cc(NC3CC(=O)N(CCC(C)C)C3=O)ccc21. The van der Waals surface area contributed by atoms with E-state index in [1.54, 1.807) is 11.8 Å². The number of carbonyl (C=O) groups excluding carboxylic acids is 3. The largest absolute Gasteiger partial charge is 0.373 e.